The molecule has 1 aliphatic carbocycles. The van der Waals surface area contributed by atoms with E-state index in [9.17, 15) is 0 Å². The molecule has 0 saturated carbocycles. The fourth-order valence-corrected chi connectivity index (χ4v) is 3.33. The molecule has 0 fully saturated rings. The van der Waals surface area contributed by atoms with Crippen molar-refractivity contribution in [1.82, 2.24) is 4.90 Å². The van der Waals surface area contributed by atoms with Crippen LogP contribution < -0.4 is 0 Å². The highest BCUT2D eigenvalue weighted by Gasteiger charge is 2.09. The first kappa shape index (κ1) is 16.3. The van der Waals surface area contributed by atoms with Gasteiger partial charge in [-0.25, -0.2) is 0 Å². The number of aryl methyl sites for hydroxylation is 2. The Balaban J connectivity index is 1.54. The van der Waals surface area contributed by atoms with E-state index in [0.717, 1.165) is 18.1 Å². The first-order valence-electron chi connectivity index (χ1n) is 8.42. The van der Waals surface area contributed by atoms with Gasteiger partial charge in [-0.15, -0.1) is 0 Å². The molecule has 0 N–H and O–H groups in total. The Morgan fingerprint density at radius 2 is 1.74 bits per heavy atom. The molecule has 0 heterocycles. The van der Waals surface area contributed by atoms with Crippen molar-refractivity contribution in [3.63, 3.8) is 0 Å². The summed E-state index contributed by atoms with van der Waals surface area (Å²) in [5.41, 5.74) is 5.74. The topological polar surface area (TPSA) is 3.24 Å². The second-order valence-corrected chi connectivity index (χ2v) is 6.90. The molecule has 0 aliphatic heterocycles. The number of fused-ring (bicyclic) bond motifs is 1. The third-order valence-electron chi connectivity index (χ3n) is 4.46. The summed E-state index contributed by atoms with van der Waals surface area (Å²) in [6.07, 6.45) is 9.57. The van der Waals surface area contributed by atoms with Crippen molar-refractivity contribution >= 4 is 17.7 Å². The largest absolute Gasteiger partial charge is 0.298 e. The van der Waals surface area contributed by atoms with Crippen LogP contribution in [-0.4, -0.2) is 18.5 Å². The highest BCUT2D eigenvalue weighted by atomic mass is 35.5. The highest BCUT2D eigenvalue weighted by Crippen LogP contribution is 2.22. The summed E-state index contributed by atoms with van der Waals surface area (Å²) in [7, 11) is 2.17. The molecule has 0 atom stereocenters. The molecule has 0 unspecified atom stereocenters. The Hall–Kier alpha value is -1.57. The smallest absolute Gasteiger partial charge is 0.0406 e. The van der Waals surface area contributed by atoms with Gasteiger partial charge in [0.15, 0.2) is 0 Å². The van der Waals surface area contributed by atoms with Crippen molar-refractivity contribution in [2.75, 3.05) is 13.6 Å². The Morgan fingerprint density at radius 3 is 2.52 bits per heavy atom. The van der Waals surface area contributed by atoms with Crippen LogP contribution in [0.3, 0.4) is 0 Å². The lowest BCUT2D eigenvalue weighted by molar-refractivity contribution is 0.363. The molecule has 0 radical (unpaired) electrons. The predicted octanol–water partition coefficient (Wildman–Crippen LogP) is 5.36. The quantitative estimate of drug-likeness (QED) is 0.715. The average molecular weight is 326 g/mol. The predicted molar refractivity (Wildman–Crippen MR) is 99.9 cm³/mol. The molecule has 0 aromatic heterocycles. The van der Waals surface area contributed by atoms with Crippen LogP contribution in [0.1, 0.15) is 35.1 Å². The molecular formula is C21H24ClN. The highest BCUT2D eigenvalue weighted by molar-refractivity contribution is 6.30. The van der Waals surface area contributed by atoms with Gasteiger partial charge in [-0.3, -0.25) is 4.90 Å². The van der Waals surface area contributed by atoms with E-state index in [1.807, 2.05) is 24.3 Å². The van der Waals surface area contributed by atoms with Gasteiger partial charge in [0, 0.05) is 18.1 Å². The van der Waals surface area contributed by atoms with Crippen LogP contribution in [0, 0.1) is 0 Å². The van der Waals surface area contributed by atoms with Crippen molar-refractivity contribution in [2.45, 2.75) is 32.2 Å². The summed E-state index contributed by atoms with van der Waals surface area (Å²) in [4.78, 5) is 2.34. The van der Waals surface area contributed by atoms with Crippen molar-refractivity contribution < 1.29 is 0 Å². The third-order valence-corrected chi connectivity index (χ3v) is 4.71. The molecule has 0 bridgehead atoms. The lowest BCUT2D eigenvalue weighted by atomic mass is 9.90. The standard InChI is InChI=1S/C21H24ClN/c1-23(14-4-5-17-9-12-21(22)13-10-17)16-18-8-11-19-6-2-3-7-20(19)15-18/h4-5,8-13,15H,2-3,6-7,14,16H2,1H3/b5-4+. The minimum atomic E-state index is 0.784. The summed E-state index contributed by atoms with van der Waals surface area (Å²) in [5.74, 6) is 0. The van der Waals surface area contributed by atoms with E-state index in [-0.39, 0.29) is 0 Å². The summed E-state index contributed by atoms with van der Waals surface area (Å²) >= 11 is 5.90. The van der Waals surface area contributed by atoms with E-state index in [1.165, 1.54) is 36.8 Å². The molecule has 0 amide bonds. The molecule has 0 spiro atoms. The molecule has 0 saturated heterocycles. The number of nitrogens with zero attached hydrogens (tertiary/aromatic N) is 1. The van der Waals surface area contributed by atoms with Gasteiger partial charge in [-0.1, -0.05) is 54.1 Å². The second-order valence-electron chi connectivity index (χ2n) is 6.46. The SMILES string of the molecule is CN(C/C=C/c1ccc(Cl)cc1)Cc1ccc2c(c1)CCCC2. The lowest BCUT2D eigenvalue weighted by Crippen LogP contribution is -2.18. The van der Waals surface area contributed by atoms with Gasteiger partial charge in [-0.2, -0.15) is 0 Å². The van der Waals surface area contributed by atoms with Crippen LogP contribution in [-0.2, 0) is 19.4 Å². The van der Waals surface area contributed by atoms with E-state index in [4.69, 9.17) is 11.6 Å². The van der Waals surface area contributed by atoms with E-state index in [1.54, 1.807) is 11.1 Å². The number of rotatable bonds is 5. The van der Waals surface area contributed by atoms with Crippen LogP contribution >= 0.6 is 11.6 Å². The minimum Gasteiger partial charge on any atom is -0.298 e. The minimum absolute atomic E-state index is 0.784. The van der Waals surface area contributed by atoms with Crippen LogP contribution in [0.25, 0.3) is 6.08 Å². The average Bonchev–Trinajstić information content (AvgIpc) is 2.56. The summed E-state index contributed by atoms with van der Waals surface area (Å²) in [6.45, 7) is 1.94. The molecule has 3 rings (SSSR count). The summed E-state index contributed by atoms with van der Waals surface area (Å²) in [6, 6.07) is 15.0. The zero-order valence-electron chi connectivity index (χ0n) is 13.8. The molecule has 1 aliphatic rings. The number of hydrogen-bond acceptors (Lipinski definition) is 1. The van der Waals surface area contributed by atoms with Gasteiger partial charge in [-0.05, 0) is 67.1 Å². The second kappa shape index (κ2) is 7.81. The van der Waals surface area contributed by atoms with Gasteiger partial charge in [0.1, 0.15) is 0 Å². The molecular weight excluding hydrogens is 302 g/mol. The zero-order valence-corrected chi connectivity index (χ0v) is 14.5. The fraction of sp³-hybridized carbons (Fsp3) is 0.333. The fourth-order valence-electron chi connectivity index (χ4n) is 3.20. The number of halogens is 1. The Labute approximate surface area is 144 Å². The third kappa shape index (κ3) is 4.70. The van der Waals surface area contributed by atoms with Crippen LogP contribution in [0.2, 0.25) is 5.02 Å². The van der Waals surface area contributed by atoms with Crippen molar-refractivity contribution in [2.24, 2.45) is 0 Å². The van der Waals surface area contributed by atoms with Gasteiger partial charge >= 0.3 is 0 Å². The molecule has 1 nitrogen and oxygen atoms in total. The Kier molecular flexibility index (Phi) is 5.53. The summed E-state index contributed by atoms with van der Waals surface area (Å²) < 4.78 is 0. The Bertz CT molecular complexity index is 673. The van der Waals surface area contributed by atoms with Gasteiger partial charge in [0.05, 0.1) is 0 Å². The van der Waals surface area contributed by atoms with Crippen molar-refractivity contribution in [3.05, 3.63) is 75.8 Å². The monoisotopic (exact) mass is 325 g/mol. The number of likely N-dealkylation sites (N-methyl/N-ethyl adjacent to an activating group) is 1. The molecule has 2 aromatic rings. The van der Waals surface area contributed by atoms with Crippen LogP contribution in [0.15, 0.2) is 48.5 Å². The van der Waals surface area contributed by atoms with Gasteiger partial charge < -0.3 is 0 Å². The first-order valence-corrected chi connectivity index (χ1v) is 8.80. The molecule has 2 aromatic carbocycles. The van der Waals surface area contributed by atoms with E-state index >= 15 is 0 Å². The molecule has 23 heavy (non-hydrogen) atoms. The van der Waals surface area contributed by atoms with E-state index < -0.39 is 0 Å². The van der Waals surface area contributed by atoms with Crippen LogP contribution in [0.5, 0.6) is 0 Å². The lowest BCUT2D eigenvalue weighted by Gasteiger charge is -2.19. The van der Waals surface area contributed by atoms with Crippen molar-refractivity contribution in [1.29, 1.82) is 0 Å². The maximum Gasteiger partial charge on any atom is 0.0406 e. The number of benzene rings is 2. The van der Waals surface area contributed by atoms with Crippen molar-refractivity contribution in [3.8, 4) is 0 Å². The van der Waals surface area contributed by atoms with E-state index in [0.29, 0.717) is 0 Å². The maximum atomic E-state index is 5.90. The normalized spacial score (nSPS) is 14.4. The zero-order chi connectivity index (χ0) is 16.1. The van der Waals surface area contributed by atoms with Gasteiger partial charge in [0.25, 0.3) is 0 Å². The van der Waals surface area contributed by atoms with E-state index in [2.05, 4.69) is 42.3 Å². The maximum absolute atomic E-state index is 5.90. The molecule has 120 valence electrons. The van der Waals surface area contributed by atoms with Crippen LogP contribution in [0.4, 0.5) is 0 Å². The Morgan fingerprint density at radius 1 is 1.00 bits per heavy atom. The van der Waals surface area contributed by atoms with Gasteiger partial charge in [0.2, 0.25) is 0 Å². The first-order chi connectivity index (χ1) is 11.2. The number of hydrogen-bond donors (Lipinski definition) is 0. The molecule has 2 heteroatoms. The summed E-state index contributed by atoms with van der Waals surface area (Å²) in [5, 5.41) is 0.784.